The molecule has 25 rings (SSSR count). The molecule has 0 atom stereocenters. The zero-order chi connectivity index (χ0) is 86.6. The van der Waals surface area contributed by atoms with Crippen LogP contribution < -0.4 is 30.7 Å². The fourth-order valence-electron chi connectivity index (χ4n) is 19.2. The van der Waals surface area contributed by atoms with Gasteiger partial charge in [-0.3, -0.25) is 0 Å². The number of nitrogens with zero attached hydrogens (tertiary/aromatic N) is 3. The number of anilines is 15. The second-order valence-corrected chi connectivity index (χ2v) is 37.0. The van der Waals surface area contributed by atoms with Gasteiger partial charge in [-0.2, -0.15) is 0 Å². The molecule has 0 radical (unpaired) electrons. The molecule has 24 aromatic rings. The second kappa shape index (κ2) is 33.8. The minimum Gasteiger partial charge on any atom is -0.356 e. The van der Waals surface area contributed by atoms with E-state index in [1.165, 1.54) is 148 Å². The van der Waals surface area contributed by atoms with E-state index in [0.717, 1.165) is 73.9 Å². The molecule has 0 bridgehead atoms. The zero-order valence-corrected chi connectivity index (χ0v) is 74.0. The summed E-state index contributed by atoms with van der Waals surface area (Å²) in [6.45, 7) is 4.69. The van der Waals surface area contributed by atoms with Crippen molar-refractivity contribution >= 4 is 223 Å². The van der Waals surface area contributed by atoms with Crippen molar-refractivity contribution in [3.05, 3.63) is 478 Å². The summed E-state index contributed by atoms with van der Waals surface area (Å²) in [4.78, 5) is 7.09. The van der Waals surface area contributed by atoms with Crippen molar-refractivity contribution in [3.63, 3.8) is 0 Å². The third-order valence-corrected chi connectivity index (χ3v) is 28.8. The largest absolute Gasteiger partial charge is 0.356 e. The highest BCUT2D eigenvalue weighted by molar-refractivity contribution is 7.26. The number of nitrogens with one attached hydrogen (secondary N) is 3. The van der Waals surface area contributed by atoms with Crippen molar-refractivity contribution < 1.29 is 0 Å². The molecule has 0 aliphatic heterocycles. The average molecular weight is 1720 g/mol. The van der Waals surface area contributed by atoms with Gasteiger partial charge in [-0.1, -0.05) is 287 Å². The first-order valence-corrected chi connectivity index (χ1v) is 46.7. The van der Waals surface area contributed by atoms with Crippen molar-refractivity contribution in [1.82, 2.24) is 0 Å². The van der Waals surface area contributed by atoms with E-state index in [4.69, 9.17) is 0 Å². The fraction of sp³-hybridized carbons (Fsp3) is 0.0248. The quantitative estimate of drug-likeness (QED) is 0.0838. The Morgan fingerprint density at radius 3 is 1.01 bits per heavy atom. The summed E-state index contributed by atoms with van der Waals surface area (Å²) >= 11 is 5.55. The molecule has 3 heterocycles. The summed E-state index contributed by atoms with van der Waals surface area (Å²) in [5.41, 5.74) is 24.8. The second-order valence-electron chi connectivity index (χ2n) is 33.8. The van der Waals surface area contributed by atoms with Crippen LogP contribution in [0, 0.1) is 0 Å². The van der Waals surface area contributed by atoms with Crippen molar-refractivity contribution in [2.24, 2.45) is 0 Å². The summed E-state index contributed by atoms with van der Waals surface area (Å²) in [5, 5.41) is 28.7. The van der Waals surface area contributed by atoms with E-state index in [0.29, 0.717) is 0 Å². The minimum atomic E-state index is -0.0504. The highest BCUT2D eigenvalue weighted by atomic mass is 32.1. The monoisotopic (exact) mass is 1720 g/mol. The number of para-hydroxylation sites is 5. The lowest BCUT2D eigenvalue weighted by Gasteiger charge is -2.28. The molecule has 130 heavy (non-hydrogen) atoms. The van der Waals surface area contributed by atoms with E-state index in [1.54, 1.807) is 0 Å². The number of thiophene rings is 3. The maximum atomic E-state index is 3.72. The molecular weight excluding hydrogens is 1630 g/mol. The number of hydrogen-bond acceptors (Lipinski definition) is 9. The molecule has 1 aliphatic carbocycles. The molecule has 0 spiro atoms. The smallest absolute Gasteiger partial charge is 0.0540 e. The molecular formula is C121H86N6S3. The first-order valence-electron chi connectivity index (χ1n) is 44.2. The Kier molecular flexibility index (Phi) is 20.5. The third kappa shape index (κ3) is 15.0. The Morgan fingerprint density at radius 1 is 0.185 bits per heavy atom. The first-order chi connectivity index (χ1) is 64.2. The Morgan fingerprint density at radius 2 is 0.508 bits per heavy atom. The summed E-state index contributed by atoms with van der Waals surface area (Å²) in [7, 11) is 0. The Bertz CT molecular complexity index is 8280. The molecule has 9 heteroatoms. The van der Waals surface area contributed by atoms with Crippen LogP contribution in [-0.4, -0.2) is 0 Å². The maximum Gasteiger partial charge on any atom is 0.0540 e. The van der Waals surface area contributed by atoms with Crippen molar-refractivity contribution in [1.29, 1.82) is 0 Å². The molecule has 0 fully saturated rings. The van der Waals surface area contributed by atoms with Gasteiger partial charge in [0.2, 0.25) is 0 Å². The minimum absolute atomic E-state index is 0.0504. The normalized spacial score (nSPS) is 12.0. The van der Waals surface area contributed by atoms with Crippen LogP contribution in [0.15, 0.2) is 467 Å². The molecule has 0 saturated carbocycles. The summed E-state index contributed by atoms with van der Waals surface area (Å²) in [6.07, 6.45) is 0. The van der Waals surface area contributed by atoms with Gasteiger partial charge in [0.15, 0.2) is 0 Å². The molecule has 6 nitrogen and oxygen atoms in total. The first kappa shape index (κ1) is 78.8. The molecule has 618 valence electrons. The number of rotatable bonds is 16. The SMILES string of the molecule is CC1(C)c2ccccc2-c2ccc(N(c3ccccc3)c3ccc4c(c3)sc3ccc(Nc5ccccc5)cc34)cc21.c1ccc(-c2ccc(Nc3ccc4sc5cc(N(c6ccccc6)c6cccc7ccccc67)ccc5c4c3)cc2)cc1.c1ccc(N(c2ccccc2)c2ccc3c(c2)sc2ccc(Nc4ccc5c6ccccc6c6ccccc6c5c4)cc23)cc1. The van der Waals surface area contributed by atoms with Gasteiger partial charge < -0.3 is 30.7 Å². The predicted octanol–water partition coefficient (Wildman–Crippen LogP) is 36.4. The number of hydrogen-bond donors (Lipinski definition) is 3. The maximum absolute atomic E-state index is 3.72. The molecule has 0 unspecified atom stereocenters. The van der Waals surface area contributed by atoms with Crippen LogP contribution in [0.2, 0.25) is 0 Å². The Hall–Kier alpha value is -15.9. The van der Waals surface area contributed by atoms with Crippen molar-refractivity contribution in [3.8, 4) is 22.3 Å². The van der Waals surface area contributed by atoms with Gasteiger partial charge >= 0.3 is 0 Å². The van der Waals surface area contributed by atoms with E-state index in [9.17, 15) is 0 Å². The van der Waals surface area contributed by atoms with Crippen LogP contribution in [0.1, 0.15) is 25.0 Å². The van der Waals surface area contributed by atoms with Crippen LogP contribution >= 0.6 is 34.0 Å². The Balaban J connectivity index is 0.000000111. The van der Waals surface area contributed by atoms with E-state index in [1.807, 2.05) is 40.1 Å². The molecule has 3 N–H and O–H groups in total. The van der Waals surface area contributed by atoms with Crippen LogP contribution in [-0.2, 0) is 5.41 Å². The highest BCUT2D eigenvalue weighted by Gasteiger charge is 2.36. The van der Waals surface area contributed by atoms with Crippen LogP contribution in [0.4, 0.5) is 85.3 Å². The molecule has 21 aromatic carbocycles. The summed E-state index contributed by atoms with van der Waals surface area (Å²) in [5.74, 6) is 0. The van der Waals surface area contributed by atoms with Crippen molar-refractivity contribution in [2.45, 2.75) is 19.3 Å². The van der Waals surface area contributed by atoms with E-state index >= 15 is 0 Å². The zero-order valence-electron chi connectivity index (χ0n) is 71.5. The molecule has 1 aliphatic rings. The van der Waals surface area contributed by atoms with Gasteiger partial charge in [-0.25, -0.2) is 0 Å². The van der Waals surface area contributed by atoms with Gasteiger partial charge in [0.25, 0.3) is 0 Å². The summed E-state index contributed by atoms with van der Waals surface area (Å²) < 4.78 is 7.71. The fourth-order valence-corrected chi connectivity index (χ4v) is 22.6. The standard InChI is InChI=1S/C42H28N2S.C40H28N2S.C39H30N2S/c1-3-11-30(12-4-1)44(31-13-5-2-6-14-31)32-21-23-38-40-26-29(20-24-41(40)45-42(38)27-32)43-28-19-22-37-35-17-8-7-15-33(35)34-16-9-10-18-36(34)39(37)25-28;1-3-10-28(11-4-1)29-18-20-31(21-19-29)41-32-22-25-39-37(26-32)36-24-23-34(27-40(36)43-39)42(33-14-5-2-6-15-33)38-17-9-13-30-12-7-8-16-35(30)38;1-39(2)35-16-10-9-15-31(35)32-20-18-29(24-36(32)39)41(28-13-7-4-8-14-28)30-19-21-33-34-23-27(40-26-11-5-3-6-12-26)17-22-37(34)42-38(33)25-30/h1-27,43H;1-27,41H;3-25,40H,1-2H3. The van der Waals surface area contributed by atoms with Gasteiger partial charge in [-0.05, 0) is 265 Å². The highest BCUT2D eigenvalue weighted by Crippen LogP contribution is 2.53. The number of fused-ring (bicyclic) bond motifs is 19. The lowest BCUT2D eigenvalue weighted by Crippen LogP contribution is -2.16. The van der Waals surface area contributed by atoms with E-state index in [2.05, 4.69) is 506 Å². The summed E-state index contributed by atoms with van der Waals surface area (Å²) in [6, 6.07) is 168. The lowest BCUT2D eigenvalue weighted by molar-refractivity contribution is 0.660. The van der Waals surface area contributed by atoms with Crippen LogP contribution in [0.3, 0.4) is 0 Å². The van der Waals surface area contributed by atoms with Gasteiger partial charge in [0.05, 0.1) is 5.69 Å². The van der Waals surface area contributed by atoms with Gasteiger partial charge in [-0.15, -0.1) is 34.0 Å². The van der Waals surface area contributed by atoms with Gasteiger partial charge in [0.1, 0.15) is 0 Å². The van der Waals surface area contributed by atoms with Gasteiger partial charge in [0, 0.05) is 151 Å². The van der Waals surface area contributed by atoms with Crippen molar-refractivity contribution in [2.75, 3.05) is 30.7 Å². The Labute approximate surface area is 767 Å². The predicted molar refractivity (Wildman–Crippen MR) is 564 cm³/mol. The third-order valence-electron chi connectivity index (χ3n) is 25.4. The van der Waals surface area contributed by atoms with Crippen LogP contribution in [0.25, 0.3) is 126 Å². The molecule has 3 aromatic heterocycles. The molecule has 0 saturated heterocycles. The average Bonchev–Trinajstić information content (AvgIpc) is 1.37. The van der Waals surface area contributed by atoms with Crippen LogP contribution in [0.5, 0.6) is 0 Å². The lowest BCUT2D eigenvalue weighted by atomic mass is 9.82. The topological polar surface area (TPSA) is 45.8 Å². The van der Waals surface area contributed by atoms with E-state index in [-0.39, 0.29) is 5.41 Å². The van der Waals surface area contributed by atoms with E-state index < -0.39 is 0 Å². The molecule has 0 amide bonds. The number of benzene rings is 21.